The lowest BCUT2D eigenvalue weighted by atomic mass is 10.1. The third kappa shape index (κ3) is 1.93. The normalized spacial score (nSPS) is 11.9. The summed E-state index contributed by atoms with van der Waals surface area (Å²) in [7, 11) is 1.62. The van der Waals surface area contributed by atoms with Crippen LogP contribution in [0.2, 0.25) is 0 Å². The number of aromatic nitrogens is 2. The highest BCUT2D eigenvalue weighted by Crippen LogP contribution is 2.26. The molecule has 0 bridgehead atoms. The van der Waals surface area contributed by atoms with Gasteiger partial charge in [0, 0.05) is 7.11 Å². The van der Waals surface area contributed by atoms with Crippen LogP contribution >= 0.6 is 11.3 Å². The molecule has 5 heteroatoms. The van der Waals surface area contributed by atoms with E-state index in [0.717, 1.165) is 4.88 Å². The summed E-state index contributed by atoms with van der Waals surface area (Å²) >= 11 is 1.58. The summed E-state index contributed by atoms with van der Waals surface area (Å²) in [6.07, 6.45) is 0. The maximum atomic E-state index is 5.26. The van der Waals surface area contributed by atoms with Gasteiger partial charge in [-0.15, -0.1) is 11.3 Å². The van der Waals surface area contributed by atoms with Gasteiger partial charge in [-0.25, -0.2) is 0 Å². The zero-order valence-electron chi connectivity index (χ0n) is 8.85. The van der Waals surface area contributed by atoms with Crippen molar-refractivity contribution >= 4 is 11.3 Å². The summed E-state index contributed by atoms with van der Waals surface area (Å²) in [4.78, 5) is 5.30. The zero-order chi connectivity index (χ0) is 10.9. The second kappa shape index (κ2) is 3.75. The zero-order valence-corrected chi connectivity index (χ0v) is 9.67. The fourth-order valence-electron chi connectivity index (χ4n) is 1.06. The van der Waals surface area contributed by atoms with Crippen molar-refractivity contribution in [3.05, 3.63) is 23.4 Å². The Morgan fingerprint density at radius 3 is 2.87 bits per heavy atom. The van der Waals surface area contributed by atoms with Crippen LogP contribution in [-0.4, -0.2) is 17.3 Å². The van der Waals surface area contributed by atoms with Crippen LogP contribution in [0.5, 0.6) is 0 Å². The molecule has 0 fully saturated rings. The van der Waals surface area contributed by atoms with Gasteiger partial charge in [0.15, 0.2) is 0 Å². The minimum atomic E-state index is -0.539. The molecule has 0 spiro atoms. The molecule has 0 aliphatic carbocycles. The molecule has 0 N–H and O–H groups in total. The lowest BCUT2D eigenvalue weighted by Crippen LogP contribution is -2.19. The molecule has 0 aromatic carbocycles. The molecule has 2 rings (SSSR count). The topological polar surface area (TPSA) is 48.2 Å². The monoisotopic (exact) mass is 224 g/mol. The molecule has 0 amide bonds. The van der Waals surface area contributed by atoms with Crippen LogP contribution in [0.1, 0.15) is 19.7 Å². The number of nitrogens with zero attached hydrogens (tertiary/aromatic N) is 2. The van der Waals surface area contributed by atoms with Crippen molar-refractivity contribution in [1.29, 1.82) is 0 Å². The van der Waals surface area contributed by atoms with Crippen LogP contribution < -0.4 is 0 Å². The van der Waals surface area contributed by atoms with Gasteiger partial charge in [0.1, 0.15) is 5.60 Å². The Hall–Kier alpha value is -1.20. The Kier molecular flexibility index (Phi) is 2.58. The van der Waals surface area contributed by atoms with E-state index in [9.17, 15) is 0 Å². The van der Waals surface area contributed by atoms with E-state index >= 15 is 0 Å². The Balaban J connectivity index is 2.33. The fraction of sp³-hybridized carbons (Fsp3) is 0.400. The second-order valence-electron chi connectivity index (χ2n) is 3.61. The van der Waals surface area contributed by atoms with Gasteiger partial charge in [0.25, 0.3) is 5.89 Å². The third-order valence-corrected chi connectivity index (χ3v) is 3.06. The first kappa shape index (κ1) is 10.3. The van der Waals surface area contributed by atoms with Gasteiger partial charge >= 0.3 is 0 Å². The lowest BCUT2D eigenvalue weighted by Gasteiger charge is -2.16. The van der Waals surface area contributed by atoms with E-state index in [1.807, 2.05) is 31.4 Å². The van der Waals surface area contributed by atoms with Crippen molar-refractivity contribution in [3.8, 4) is 10.7 Å². The van der Waals surface area contributed by atoms with E-state index in [0.29, 0.717) is 11.7 Å². The van der Waals surface area contributed by atoms with Crippen molar-refractivity contribution in [1.82, 2.24) is 10.1 Å². The Morgan fingerprint density at radius 2 is 2.27 bits per heavy atom. The molecular weight excluding hydrogens is 212 g/mol. The lowest BCUT2D eigenvalue weighted by molar-refractivity contribution is -0.00786. The molecule has 0 aliphatic rings. The largest absolute Gasteiger partial charge is 0.369 e. The molecule has 2 aromatic rings. The maximum Gasteiger partial charge on any atom is 0.258 e. The first-order valence-corrected chi connectivity index (χ1v) is 5.44. The summed E-state index contributed by atoms with van der Waals surface area (Å²) in [6, 6.07) is 3.91. The van der Waals surface area contributed by atoms with Gasteiger partial charge in [0.2, 0.25) is 5.82 Å². The number of rotatable bonds is 3. The predicted molar refractivity (Wildman–Crippen MR) is 57.6 cm³/mol. The van der Waals surface area contributed by atoms with Crippen molar-refractivity contribution in [2.45, 2.75) is 19.4 Å². The Bertz CT molecular complexity index is 434. The average molecular weight is 224 g/mol. The third-order valence-electron chi connectivity index (χ3n) is 2.19. The molecule has 4 nitrogen and oxygen atoms in total. The second-order valence-corrected chi connectivity index (χ2v) is 4.56. The maximum absolute atomic E-state index is 5.26. The van der Waals surface area contributed by atoms with Gasteiger partial charge in [-0.3, -0.25) is 0 Å². The van der Waals surface area contributed by atoms with Gasteiger partial charge in [-0.2, -0.15) is 4.98 Å². The summed E-state index contributed by atoms with van der Waals surface area (Å²) < 4.78 is 10.4. The van der Waals surface area contributed by atoms with Gasteiger partial charge in [-0.1, -0.05) is 11.2 Å². The van der Waals surface area contributed by atoms with Crippen LogP contribution in [0, 0.1) is 0 Å². The molecule has 0 atom stereocenters. The molecule has 0 unspecified atom stereocenters. The molecule has 0 saturated heterocycles. The smallest absolute Gasteiger partial charge is 0.258 e. The van der Waals surface area contributed by atoms with Crippen molar-refractivity contribution in [2.75, 3.05) is 7.11 Å². The Morgan fingerprint density at radius 1 is 1.47 bits per heavy atom. The molecular formula is C10H12N2O2S. The summed E-state index contributed by atoms with van der Waals surface area (Å²) in [5.41, 5.74) is -0.539. The van der Waals surface area contributed by atoms with Crippen molar-refractivity contribution in [3.63, 3.8) is 0 Å². The number of methoxy groups -OCH3 is 1. The highest BCUT2D eigenvalue weighted by molar-refractivity contribution is 7.13. The molecule has 0 radical (unpaired) electrons. The number of ether oxygens (including phenoxy) is 1. The SMILES string of the molecule is COC(C)(C)c1nc(-c2cccs2)no1. The summed E-state index contributed by atoms with van der Waals surface area (Å²) in [5.74, 6) is 1.11. The average Bonchev–Trinajstić information content (AvgIpc) is 2.88. The van der Waals surface area contributed by atoms with Gasteiger partial charge < -0.3 is 9.26 Å². The van der Waals surface area contributed by atoms with E-state index in [1.54, 1.807) is 18.4 Å². The van der Waals surface area contributed by atoms with Crippen LogP contribution in [0.25, 0.3) is 10.7 Å². The summed E-state index contributed by atoms with van der Waals surface area (Å²) in [6.45, 7) is 3.78. The number of thiophene rings is 1. The number of hydrogen-bond donors (Lipinski definition) is 0. The van der Waals surface area contributed by atoms with E-state index in [-0.39, 0.29) is 0 Å². The van der Waals surface area contributed by atoms with E-state index in [1.165, 1.54) is 0 Å². The van der Waals surface area contributed by atoms with Gasteiger partial charge in [-0.05, 0) is 25.3 Å². The molecule has 2 heterocycles. The molecule has 0 saturated carbocycles. The fourth-order valence-corrected chi connectivity index (χ4v) is 1.71. The first-order chi connectivity index (χ1) is 7.13. The highest BCUT2D eigenvalue weighted by Gasteiger charge is 2.27. The van der Waals surface area contributed by atoms with E-state index in [4.69, 9.17) is 9.26 Å². The molecule has 2 aromatic heterocycles. The first-order valence-electron chi connectivity index (χ1n) is 4.57. The van der Waals surface area contributed by atoms with Gasteiger partial charge in [0.05, 0.1) is 4.88 Å². The van der Waals surface area contributed by atoms with E-state index < -0.39 is 5.60 Å². The van der Waals surface area contributed by atoms with Crippen LogP contribution in [0.3, 0.4) is 0 Å². The van der Waals surface area contributed by atoms with E-state index in [2.05, 4.69) is 10.1 Å². The minimum Gasteiger partial charge on any atom is -0.369 e. The Labute approximate surface area is 91.9 Å². The quantitative estimate of drug-likeness (QED) is 0.804. The van der Waals surface area contributed by atoms with Crippen molar-refractivity contribution < 1.29 is 9.26 Å². The van der Waals surface area contributed by atoms with Crippen LogP contribution in [-0.2, 0) is 10.3 Å². The van der Waals surface area contributed by atoms with Crippen LogP contribution in [0.15, 0.2) is 22.0 Å². The predicted octanol–water partition coefficient (Wildman–Crippen LogP) is 2.68. The minimum absolute atomic E-state index is 0.494. The van der Waals surface area contributed by atoms with Crippen LogP contribution in [0.4, 0.5) is 0 Å². The highest BCUT2D eigenvalue weighted by atomic mass is 32.1. The molecule has 15 heavy (non-hydrogen) atoms. The van der Waals surface area contributed by atoms with Crippen molar-refractivity contribution in [2.24, 2.45) is 0 Å². The standard InChI is InChI=1S/C10H12N2O2S/c1-10(2,13-3)9-11-8(12-14-9)7-5-4-6-15-7/h4-6H,1-3H3. The summed E-state index contributed by atoms with van der Waals surface area (Å²) in [5, 5.41) is 5.90. The number of hydrogen-bond acceptors (Lipinski definition) is 5. The molecule has 0 aliphatic heterocycles. The molecule has 80 valence electrons.